The van der Waals surface area contributed by atoms with E-state index in [9.17, 15) is 15.3 Å². The molecule has 0 fully saturated rings. The fraction of sp³-hybridized carbons (Fsp3) is 0.0476. The summed E-state index contributed by atoms with van der Waals surface area (Å²) in [6.07, 6.45) is 2.84. The third-order valence-electron chi connectivity index (χ3n) is 4.79. The average Bonchev–Trinajstić information content (AvgIpc) is 3.22. The first-order valence-corrected chi connectivity index (χ1v) is 10.4. The summed E-state index contributed by atoms with van der Waals surface area (Å²) in [7, 11) is 0. The molecule has 2 aliphatic heterocycles. The predicted molar refractivity (Wildman–Crippen MR) is 120 cm³/mol. The van der Waals surface area contributed by atoms with Gasteiger partial charge in [-0.1, -0.05) is 47.6 Å². The Balaban J connectivity index is 1.51. The molecule has 0 amide bonds. The molecular formula is C21H13ClN4O4S. The van der Waals surface area contributed by atoms with E-state index in [1.807, 2.05) is 24.3 Å². The van der Waals surface area contributed by atoms with Crippen molar-refractivity contribution in [2.45, 2.75) is 5.37 Å². The van der Waals surface area contributed by atoms with E-state index >= 15 is 0 Å². The first kappa shape index (κ1) is 19.6. The van der Waals surface area contributed by atoms with Gasteiger partial charge in [-0.3, -0.25) is 15.3 Å². The van der Waals surface area contributed by atoms with Crippen molar-refractivity contribution in [3.8, 4) is 11.5 Å². The van der Waals surface area contributed by atoms with Crippen LogP contribution in [0.25, 0.3) is 10.8 Å². The van der Waals surface area contributed by atoms with Crippen molar-refractivity contribution in [3.63, 3.8) is 0 Å². The summed E-state index contributed by atoms with van der Waals surface area (Å²) in [5.74, 6) is 0.571. The second-order valence-electron chi connectivity index (χ2n) is 6.72. The topological polar surface area (TPSA) is 101 Å². The van der Waals surface area contributed by atoms with Crippen LogP contribution in [0, 0.1) is 10.1 Å². The summed E-state index contributed by atoms with van der Waals surface area (Å²) in [6.45, 7) is 0. The van der Waals surface area contributed by atoms with Gasteiger partial charge in [0, 0.05) is 27.4 Å². The molecule has 3 aromatic rings. The van der Waals surface area contributed by atoms with Gasteiger partial charge in [0.15, 0.2) is 5.37 Å². The summed E-state index contributed by atoms with van der Waals surface area (Å²) < 4.78 is 5.94. The van der Waals surface area contributed by atoms with Gasteiger partial charge in [-0.25, -0.2) is 15.0 Å². The van der Waals surface area contributed by atoms with Gasteiger partial charge in [0.2, 0.25) is 5.75 Å². The maximum Gasteiger partial charge on any atom is 0.312 e. The molecule has 2 aliphatic rings. The maximum atomic E-state index is 11.8. The maximum absolute atomic E-state index is 11.8. The standard InChI is InChI=1S/C21H13ClN4O4S/c22-15-6-8-18(14-4-2-1-3-13(14)15)30-19-7-5-12(9-17(19)26(28)29)20-24-16-10-23-11-25(27)21(16)31-20/h1-11,21,27H. The number of nitrogens with zero attached hydrogens (tertiary/aromatic N) is 4. The second kappa shape index (κ2) is 7.69. The number of thioether (sulfide) groups is 1. The molecule has 8 nitrogen and oxygen atoms in total. The molecule has 0 aliphatic carbocycles. The summed E-state index contributed by atoms with van der Waals surface area (Å²) in [5.41, 5.74) is 0.926. The first-order chi connectivity index (χ1) is 15.0. The molecular weight excluding hydrogens is 440 g/mol. The highest BCUT2D eigenvalue weighted by Crippen LogP contribution is 2.40. The fourth-order valence-electron chi connectivity index (χ4n) is 3.34. The van der Waals surface area contributed by atoms with E-state index in [2.05, 4.69) is 9.98 Å². The van der Waals surface area contributed by atoms with Crippen LogP contribution in [-0.4, -0.2) is 31.9 Å². The van der Waals surface area contributed by atoms with Gasteiger partial charge in [-0.2, -0.15) is 0 Å². The lowest BCUT2D eigenvalue weighted by atomic mass is 10.1. The Labute approximate surface area is 185 Å². The smallest absolute Gasteiger partial charge is 0.312 e. The van der Waals surface area contributed by atoms with Gasteiger partial charge < -0.3 is 4.74 Å². The summed E-state index contributed by atoms with van der Waals surface area (Å²) in [4.78, 5) is 19.6. The first-order valence-electron chi connectivity index (χ1n) is 9.11. The fourth-order valence-corrected chi connectivity index (χ4v) is 4.60. The highest BCUT2D eigenvalue weighted by atomic mass is 35.5. The summed E-state index contributed by atoms with van der Waals surface area (Å²) in [5, 5.41) is 24.9. The number of hydrogen-bond donors (Lipinski definition) is 1. The molecule has 0 saturated heterocycles. The lowest BCUT2D eigenvalue weighted by Gasteiger charge is -2.20. The number of fused-ring (bicyclic) bond motifs is 2. The van der Waals surface area contributed by atoms with E-state index in [4.69, 9.17) is 16.3 Å². The van der Waals surface area contributed by atoms with Crippen molar-refractivity contribution < 1.29 is 14.9 Å². The minimum Gasteiger partial charge on any atom is -0.449 e. The molecule has 0 radical (unpaired) electrons. The van der Waals surface area contributed by atoms with Crippen LogP contribution in [0.15, 0.2) is 76.5 Å². The molecule has 3 aromatic carbocycles. The number of nitro groups is 1. The highest BCUT2D eigenvalue weighted by molar-refractivity contribution is 8.15. The number of ether oxygens (including phenoxy) is 1. The second-order valence-corrected chi connectivity index (χ2v) is 8.19. The lowest BCUT2D eigenvalue weighted by molar-refractivity contribution is -0.385. The quantitative estimate of drug-likeness (QED) is 0.409. The van der Waals surface area contributed by atoms with Crippen molar-refractivity contribution >= 4 is 51.2 Å². The molecule has 1 atom stereocenters. The molecule has 0 bridgehead atoms. The van der Waals surface area contributed by atoms with Crippen LogP contribution in [0.1, 0.15) is 5.56 Å². The average molecular weight is 453 g/mol. The number of nitro benzene ring substituents is 1. The third-order valence-corrected chi connectivity index (χ3v) is 6.35. The van der Waals surface area contributed by atoms with E-state index in [-0.39, 0.29) is 11.4 Å². The van der Waals surface area contributed by atoms with E-state index in [0.29, 0.717) is 27.1 Å². The summed E-state index contributed by atoms with van der Waals surface area (Å²) >= 11 is 7.53. The third kappa shape index (κ3) is 3.52. The van der Waals surface area contributed by atoms with E-state index in [1.165, 1.54) is 24.2 Å². The van der Waals surface area contributed by atoms with Gasteiger partial charge in [-0.05, 0) is 24.3 Å². The van der Waals surface area contributed by atoms with Gasteiger partial charge in [0.25, 0.3) is 0 Å². The number of hydroxylamine groups is 2. The zero-order valence-corrected chi connectivity index (χ0v) is 17.2. The van der Waals surface area contributed by atoms with Crippen LogP contribution in [0.3, 0.4) is 0 Å². The molecule has 5 rings (SSSR count). The minimum absolute atomic E-state index is 0.105. The minimum atomic E-state index is -0.495. The Bertz CT molecular complexity index is 1320. The van der Waals surface area contributed by atoms with Gasteiger partial charge in [-0.15, -0.1) is 0 Å². The summed E-state index contributed by atoms with van der Waals surface area (Å²) in [6, 6.07) is 15.5. The Kier molecular flexibility index (Phi) is 4.85. The SMILES string of the molecule is O=[N+]([O-])c1cc(C2=NC3=CN=CN(O)C3S2)ccc1Oc1ccc(Cl)c2ccccc12. The Morgan fingerprint density at radius 1 is 1.13 bits per heavy atom. The van der Waals surface area contributed by atoms with Gasteiger partial charge in [0.1, 0.15) is 17.1 Å². The van der Waals surface area contributed by atoms with E-state index in [1.54, 1.807) is 30.5 Å². The Morgan fingerprint density at radius 2 is 1.90 bits per heavy atom. The number of hydrogen-bond acceptors (Lipinski definition) is 8. The molecule has 154 valence electrons. The zero-order valence-electron chi connectivity index (χ0n) is 15.7. The lowest BCUT2D eigenvalue weighted by Crippen LogP contribution is -2.29. The van der Waals surface area contributed by atoms with Crippen LogP contribution < -0.4 is 4.74 Å². The van der Waals surface area contributed by atoms with E-state index in [0.717, 1.165) is 15.8 Å². The van der Waals surface area contributed by atoms with Crippen molar-refractivity contribution in [3.05, 3.63) is 87.2 Å². The van der Waals surface area contributed by atoms with Crippen molar-refractivity contribution in [2.75, 3.05) is 0 Å². The Hall–Kier alpha value is -3.40. The monoisotopic (exact) mass is 452 g/mol. The molecule has 1 unspecified atom stereocenters. The van der Waals surface area contributed by atoms with Crippen LogP contribution in [-0.2, 0) is 0 Å². The normalized spacial score (nSPS) is 17.4. The van der Waals surface area contributed by atoms with Crippen molar-refractivity contribution in [2.24, 2.45) is 9.98 Å². The molecule has 1 N–H and O–H groups in total. The van der Waals surface area contributed by atoms with Crippen molar-refractivity contribution in [1.29, 1.82) is 0 Å². The molecule has 31 heavy (non-hydrogen) atoms. The highest BCUT2D eigenvalue weighted by Gasteiger charge is 2.32. The van der Waals surface area contributed by atoms with Crippen molar-refractivity contribution in [1.82, 2.24) is 5.06 Å². The Morgan fingerprint density at radius 3 is 2.68 bits per heavy atom. The molecule has 10 heteroatoms. The predicted octanol–water partition coefficient (Wildman–Crippen LogP) is 5.59. The number of rotatable bonds is 4. The molecule has 2 heterocycles. The van der Waals surface area contributed by atoms with Crippen LogP contribution >= 0.6 is 23.4 Å². The van der Waals surface area contributed by atoms with Crippen LogP contribution in [0.4, 0.5) is 5.69 Å². The van der Waals surface area contributed by atoms with Crippen LogP contribution in [0.5, 0.6) is 11.5 Å². The van der Waals surface area contributed by atoms with E-state index < -0.39 is 10.3 Å². The van der Waals surface area contributed by atoms with Gasteiger partial charge in [0.05, 0.1) is 16.8 Å². The number of benzene rings is 3. The largest absolute Gasteiger partial charge is 0.449 e. The van der Waals surface area contributed by atoms with Crippen LogP contribution in [0.2, 0.25) is 5.02 Å². The van der Waals surface area contributed by atoms with Gasteiger partial charge >= 0.3 is 5.69 Å². The molecule has 0 saturated carbocycles. The molecule has 0 spiro atoms. The number of halogens is 1. The zero-order chi connectivity index (χ0) is 21.5. The molecule has 0 aromatic heterocycles. The number of aliphatic imine (C=N–C) groups is 2.